The van der Waals surface area contributed by atoms with E-state index in [1.54, 1.807) is 6.33 Å². The van der Waals surface area contributed by atoms with E-state index < -0.39 is 0 Å². The predicted molar refractivity (Wildman–Crippen MR) is 190 cm³/mol. The van der Waals surface area contributed by atoms with Gasteiger partial charge in [-0.2, -0.15) is 0 Å². The van der Waals surface area contributed by atoms with Crippen LogP contribution in [0.15, 0.2) is 48.5 Å². The number of rotatable bonds is 8. The molecule has 1 aromatic heterocycles. The van der Waals surface area contributed by atoms with Crippen molar-refractivity contribution in [2.45, 2.75) is 114 Å². The number of nitrogens with zero attached hydrogens (tertiary/aromatic N) is 2. The number of aromatic nitrogens is 2. The number of aliphatic hydroxyl groups excluding tert-OH is 1. The van der Waals surface area contributed by atoms with Gasteiger partial charge in [-0.25, -0.2) is 4.98 Å². The SMILES string of the molecule is CCC(CC)C(=O)/C=C(\O)C(CC)CC.Cc1cc(C)c2cc3c([c-]c2c1)-c1ncnc2cc(CC(C)(C)C)cc(c12)C3(C)C.[Ir]. The minimum absolute atomic E-state index is 0. The first-order chi connectivity index (χ1) is 21.1. The van der Waals surface area contributed by atoms with Gasteiger partial charge in [0.05, 0.1) is 11.3 Å². The van der Waals surface area contributed by atoms with Gasteiger partial charge in [-0.3, -0.25) is 9.78 Å². The van der Waals surface area contributed by atoms with Gasteiger partial charge in [-0.15, -0.1) is 23.6 Å². The zero-order valence-electron chi connectivity index (χ0n) is 29.8. The van der Waals surface area contributed by atoms with Gasteiger partial charge < -0.3 is 5.11 Å². The number of benzene rings is 3. The van der Waals surface area contributed by atoms with Gasteiger partial charge in [0.15, 0.2) is 5.78 Å². The summed E-state index contributed by atoms with van der Waals surface area (Å²) >= 11 is 0. The van der Waals surface area contributed by atoms with Crippen LogP contribution in [-0.2, 0) is 36.7 Å². The predicted octanol–water partition coefficient (Wildman–Crippen LogP) is 11.0. The molecule has 249 valence electrons. The van der Waals surface area contributed by atoms with Gasteiger partial charge in [0.2, 0.25) is 0 Å². The largest absolute Gasteiger partial charge is 0.512 e. The van der Waals surface area contributed by atoms with Crippen molar-refractivity contribution in [3.63, 3.8) is 0 Å². The van der Waals surface area contributed by atoms with Gasteiger partial charge in [0, 0.05) is 43.7 Å². The van der Waals surface area contributed by atoms with Crippen molar-refractivity contribution in [3.8, 4) is 11.3 Å². The molecule has 5 rings (SSSR count). The molecule has 0 spiro atoms. The molecule has 4 nitrogen and oxygen atoms in total. The van der Waals surface area contributed by atoms with Gasteiger partial charge in [-0.1, -0.05) is 102 Å². The number of ketones is 1. The summed E-state index contributed by atoms with van der Waals surface area (Å²) in [5, 5.41) is 13.4. The monoisotopic (exact) mass is 798 g/mol. The van der Waals surface area contributed by atoms with Crippen LogP contribution in [0, 0.1) is 37.2 Å². The fourth-order valence-electron chi connectivity index (χ4n) is 6.94. The van der Waals surface area contributed by atoms with E-state index in [9.17, 15) is 9.90 Å². The first-order valence-electron chi connectivity index (χ1n) is 16.9. The average Bonchev–Trinajstić information content (AvgIpc) is 2.96. The molecule has 0 atom stereocenters. The second-order valence-corrected chi connectivity index (χ2v) is 14.7. The number of carbonyl (C=O) groups is 1. The van der Waals surface area contributed by atoms with Crippen LogP contribution < -0.4 is 0 Å². The molecule has 0 aliphatic heterocycles. The molecule has 1 heterocycles. The molecular formula is C41H53IrN2O2-. The summed E-state index contributed by atoms with van der Waals surface area (Å²) in [5.74, 6) is 0.547. The van der Waals surface area contributed by atoms with Gasteiger partial charge in [-0.05, 0) is 79.4 Å². The molecule has 0 saturated heterocycles. The number of hydrogen-bond donors (Lipinski definition) is 1. The molecule has 1 radical (unpaired) electrons. The molecule has 1 N–H and O–H groups in total. The van der Waals surface area contributed by atoms with Crippen LogP contribution in [0.5, 0.6) is 0 Å². The van der Waals surface area contributed by atoms with E-state index >= 15 is 0 Å². The summed E-state index contributed by atoms with van der Waals surface area (Å²) in [6, 6.07) is 15.3. The molecule has 1 aliphatic rings. The Balaban J connectivity index is 0.000000309. The topological polar surface area (TPSA) is 63.1 Å². The Kier molecular flexibility index (Phi) is 12.2. The maximum Gasteiger partial charge on any atom is 0.162 e. The number of aliphatic hydroxyl groups is 1. The van der Waals surface area contributed by atoms with Crippen molar-refractivity contribution in [3.05, 3.63) is 82.4 Å². The molecule has 0 amide bonds. The Labute approximate surface area is 290 Å². The molecule has 0 saturated carbocycles. The molecular weight excluding hydrogens is 745 g/mol. The van der Waals surface area contributed by atoms with Crippen molar-refractivity contribution in [2.24, 2.45) is 17.3 Å². The van der Waals surface area contributed by atoms with E-state index in [1.807, 2.05) is 27.7 Å². The number of aryl methyl sites for hydroxylation is 2. The summed E-state index contributed by atoms with van der Waals surface area (Å²) in [6.07, 6.45) is 7.65. The number of allylic oxidation sites excluding steroid dienone is 2. The fourth-order valence-corrected chi connectivity index (χ4v) is 6.94. The fraction of sp³-hybridized carbons (Fsp3) is 0.488. The Bertz CT molecular complexity index is 1740. The van der Waals surface area contributed by atoms with E-state index in [2.05, 4.69) is 89.8 Å². The summed E-state index contributed by atoms with van der Waals surface area (Å²) in [4.78, 5) is 21.2. The van der Waals surface area contributed by atoms with Crippen LogP contribution in [0.4, 0.5) is 0 Å². The van der Waals surface area contributed by atoms with Gasteiger partial charge in [0.1, 0.15) is 6.33 Å². The maximum atomic E-state index is 11.7. The molecule has 0 unspecified atom stereocenters. The summed E-state index contributed by atoms with van der Waals surface area (Å²) < 4.78 is 0. The Morgan fingerprint density at radius 1 is 0.913 bits per heavy atom. The van der Waals surface area contributed by atoms with Crippen molar-refractivity contribution in [1.82, 2.24) is 9.97 Å². The summed E-state index contributed by atoms with van der Waals surface area (Å²) in [7, 11) is 0. The van der Waals surface area contributed by atoms with Gasteiger partial charge in [0.25, 0.3) is 0 Å². The molecule has 5 heteroatoms. The Morgan fingerprint density at radius 2 is 1.54 bits per heavy atom. The van der Waals surface area contributed by atoms with Crippen molar-refractivity contribution in [2.75, 3.05) is 0 Å². The number of fused-ring (bicyclic) bond motifs is 3. The van der Waals surface area contributed by atoms with E-state index in [-0.39, 0.29) is 54.3 Å². The van der Waals surface area contributed by atoms with Crippen LogP contribution >= 0.6 is 0 Å². The van der Waals surface area contributed by atoms with Crippen molar-refractivity contribution in [1.29, 1.82) is 0 Å². The minimum Gasteiger partial charge on any atom is -0.512 e. The zero-order valence-corrected chi connectivity index (χ0v) is 32.2. The van der Waals surface area contributed by atoms with E-state index in [0.717, 1.165) is 48.9 Å². The van der Waals surface area contributed by atoms with Crippen LogP contribution in [0.2, 0.25) is 0 Å². The minimum atomic E-state index is -0.138. The van der Waals surface area contributed by atoms with Crippen LogP contribution in [0.25, 0.3) is 32.9 Å². The van der Waals surface area contributed by atoms with Crippen LogP contribution in [0.3, 0.4) is 0 Å². The zero-order chi connectivity index (χ0) is 33.3. The second-order valence-electron chi connectivity index (χ2n) is 14.7. The summed E-state index contributed by atoms with van der Waals surface area (Å²) in [6.45, 7) is 24.0. The third-order valence-corrected chi connectivity index (χ3v) is 9.55. The maximum absolute atomic E-state index is 11.7. The second kappa shape index (κ2) is 14.9. The molecule has 3 aromatic carbocycles. The van der Waals surface area contributed by atoms with Crippen LogP contribution in [-0.4, -0.2) is 20.9 Å². The van der Waals surface area contributed by atoms with E-state index in [1.165, 1.54) is 50.1 Å². The quantitative estimate of drug-likeness (QED) is 0.110. The molecule has 0 bridgehead atoms. The number of hydrogen-bond acceptors (Lipinski definition) is 4. The molecule has 46 heavy (non-hydrogen) atoms. The Morgan fingerprint density at radius 3 is 2.13 bits per heavy atom. The van der Waals surface area contributed by atoms with Crippen molar-refractivity contribution >= 4 is 27.5 Å². The molecule has 1 aliphatic carbocycles. The first-order valence-corrected chi connectivity index (χ1v) is 16.9. The average molecular weight is 798 g/mol. The van der Waals surface area contributed by atoms with Crippen LogP contribution in [0.1, 0.15) is 116 Å². The standard InChI is InChI=1S/C28H29N2.C13H24O2.Ir/c1-16-8-17(2)20-13-22-21(12-19(20)9-16)26-25-23(28(22,6)7)10-18(14-27(3,4)5)11-24(25)29-15-30-26;1-5-10(6-2)12(14)9-13(15)11(7-3)8-4;/h8-11,13,15H,14H2,1-7H3;9-11,14H,5-8H2,1-4H3;/q-1;;/b;12-9-;. The van der Waals surface area contributed by atoms with Gasteiger partial charge >= 0.3 is 0 Å². The smallest absolute Gasteiger partial charge is 0.162 e. The normalized spacial score (nSPS) is 13.8. The van der Waals surface area contributed by atoms with E-state index in [4.69, 9.17) is 4.98 Å². The first kappa shape index (κ1) is 37.6. The molecule has 0 fully saturated rings. The summed E-state index contributed by atoms with van der Waals surface area (Å²) in [5.41, 5.74) is 9.85. The van der Waals surface area contributed by atoms with Crippen molar-refractivity contribution < 1.29 is 30.0 Å². The Hall–Kier alpha value is -2.88. The third kappa shape index (κ3) is 7.80. The third-order valence-electron chi connectivity index (χ3n) is 9.55. The van der Waals surface area contributed by atoms with E-state index in [0.29, 0.717) is 0 Å². The molecule has 4 aromatic rings. The number of carbonyl (C=O) groups excluding carboxylic acids is 1.